The second kappa shape index (κ2) is 30.0. The van der Waals surface area contributed by atoms with Crippen molar-refractivity contribution >= 4 is 5.91 Å². The molecule has 4 atom stereocenters. The highest BCUT2D eigenvalue weighted by Gasteiger charge is 2.28. The molecular weight excluding hydrogens is 514 g/mol. The first-order valence-electron chi connectivity index (χ1n) is 16.9. The molecule has 6 nitrogen and oxygen atoms in total. The number of amides is 1. The van der Waals surface area contributed by atoms with Crippen LogP contribution in [-0.4, -0.2) is 57.3 Å². The molecule has 5 N–H and O–H groups in total. The van der Waals surface area contributed by atoms with E-state index in [0.29, 0.717) is 19.3 Å². The van der Waals surface area contributed by atoms with Gasteiger partial charge in [0.1, 0.15) is 12.2 Å². The van der Waals surface area contributed by atoms with Crippen LogP contribution in [0.15, 0.2) is 36.5 Å². The summed E-state index contributed by atoms with van der Waals surface area (Å²) in [4.78, 5) is 12.4. The molecule has 0 spiro atoms. The molecule has 0 fully saturated rings. The van der Waals surface area contributed by atoms with Crippen molar-refractivity contribution in [2.75, 3.05) is 6.61 Å². The van der Waals surface area contributed by atoms with Crippen LogP contribution in [0.2, 0.25) is 0 Å². The number of hydrogen-bond donors (Lipinski definition) is 5. The molecule has 0 heterocycles. The molecule has 4 unspecified atom stereocenters. The van der Waals surface area contributed by atoms with Crippen molar-refractivity contribution in [2.24, 2.45) is 0 Å². The van der Waals surface area contributed by atoms with Gasteiger partial charge in [-0.25, -0.2) is 0 Å². The molecule has 0 aromatic carbocycles. The van der Waals surface area contributed by atoms with Crippen LogP contribution in [0.25, 0.3) is 0 Å². The lowest BCUT2D eigenvalue weighted by Crippen LogP contribution is -2.53. The largest absolute Gasteiger partial charge is 0.394 e. The molecule has 0 aromatic rings. The highest BCUT2D eigenvalue weighted by Crippen LogP contribution is 2.13. The zero-order valence-electron chi connectivity index (χ0n) is 26.5. The molecule has 240 valence electrons. The number of hydrogen-bond acceptors (Lipinski definition) is 5. The maximum Gasteiger partial charge on any atom is 0.249 e. The van der Waals surface area contributed by atoms with Gasteiger partial charge in [-0.2, -0.15) is 0 Å². The number of carbonyl (C=O) groups excluding carboxylic acids is 1. The maximum absolute atomic E-state index is 12.4. The molecule has 0 saturated heterocycles. The van der Waals surface area contributed by atoms with Crippen molar-refractivity contribution in [3.05, 3.63) is 36.5 Å². The van der Waals surface area contributed by atoms with Crippen LogP contribution < -0.4 is 5.32 Å². The summed E-state index contributed by atoms with van der Waals surface area (Å²) < 4.78 is 0. The smallest absolute Gasteiger partial charge is 0.249 e. The quantitative estimate of drug-likeness (QED) is 0.0467. The number of carbonyl (C=O) groups is 1. The molecular formula is C35H65NO5. The molecule has 1 amide bonds. The van der Waals surface area contributed by atoms with E-state index in [0.717, 1.165) is 51.4 Å². The number of allylic oxidation sites excluding steroid dienone is 6. The normalized spacial score (nSPS) is 15.2. The lowest BCUT2D eigenvalue weighted by atomic mass is 10.00. The van der Waals surface area contributed by atoms with Gasteiger partial charge >= 0.3 is 0 Å². The van der Waals surface area contributed by atoms with Crippen molar-refractivity contribution in [3.63, 3.8) is 0 Å². The number of nitrogens with one attached hydrogen (secondary N) is 1. The molecule has 0 aliphatic rings. The predicted molar refractivity (Wildman–Crippen MR) is 173 cm³/mol. The Labute approximate surface area is 252 Å². The summed E-state index contributed by atoms with van der Waals surface area (Å²) >= 11 is 0. The third-order valence-corrected chi connectivity index (χ3v) is 7.57. The van der Waals surface area contributed by atoms with E-state index >= 15 is 0 Å². The molecule has 0 bridgehead atoms. The van der Waals surface area contributed by atoms with E-state index in [4.69, 9.17) is 0 Å². The van der Waals surface area contributed by atoms with Crippen molar-refractivity contribution in [2.45, 2.75) is 173 Å². The lowest BCUT2D eigenvalue weighted by molar-refractivity contribution is -0.132. The first-order chi connectivity index (χ1) is 20.0. The second-order valence-corrected chi connectivity index (χ2v) is 11.5. The van der Waals surface area contributed by atoms with Crippen LogP contribution in [0.4, 0.5) is 0 Å². The van der Waals surface area contributed by atoms with Gasteiger partial charge in [-0.3, -0.25) is 4.79 Å². The summed E-state index contributed by atoms with van der Waals surface area (Å²) in [5.74, 6) is -0.608. The minimum Gasteiger partial charge on any atom is -0.394 e. The maximum atomic E-state index is 12.4. The predicted octanol–water partition coefficient (Wildman–Crippen LogP) is 7.45. The molecule has 0 saturated carbocycles. The Hall–Kier alpha value is -1.47. The topological polar surface area (TPSA) is 110 Å². The van der Waals surface area contributed by atoms with E-state index in [1.54, 1.807) is 0 Å². The molecule has 0 aromatic heterocycles. The fraction of sp³-hybridized carbons (Fsp3) is 0.800. The van der Waals surface area contributed by atoms with E-state index < -0.39 is 36.9 Å². The van der Waals surface area contributed by atoms with Gasteiger partial charge in [0, 0.05) is 0 Å². The number of aliphatic hydroxyl groups excluding tert-OH is 4. The van der Waals surface area contributed by atoms with Gasteiger partial charge in [0.15, 0.2) is 0 Å². The van der Waals surface area contributed by atoms with E-state index in [1.165, 1.54) is 64.2 Å². The monoisotopic (exact) mass is 579 g/mol. The van der Waals surface area contributed by atoms with Crippen LogP contribution in [0.1, 0.15) is 149 Å². The van der Waals surface area contributed by atoms with Crippen LogP contribution >= 0.6 is 0 Å². The molecule has 0 rings (SSSR count). The molecule has 0 radical (unpaired) electrons. The summed E-state index contributed by atoms with van der Waals surface area (Å²) in [5, 5.41) is 43.1. The lowest BCUT2D eigenvalue weighted by Gasteiger charge is -2.27. The summed E-state index contributed by atoms with van der Waals surface area (Å²) in [6, 6.07) is -1.00. The molecule has 0 aliphatic carbocycles. The van der Waals surface area contributed by atoms with Crippen molar-refractivity contribution in [1.29, 1.82) is 0 Å². The van der Waals surface area contributed by atoms with E-state index in [1.807, 2.05) is 0 Å². The molecule has 41 heavy (non-hydrogen) atoms. The van der Waals surface area contributed by atoms with Gasteiger partial charge in [0.05, 0.1) is 18.8 Å². The van der Waals surface area contributed by atoms with Crippen molar-refractivity contribution in [1.82, 2.24) is 5.32 Å². The van der Waals surface area contributed by atoms with Gasteiger partial charge in [-0.1, -0.05) is 115 Å². The average Bonchev–Trinajstić information content (AvgIpc) is 2.98. The van der Waals surface area contributed by atoms with Crippen LogP contribution in [0, 0.1) is 0 Å². The van der Waals surface area contributed by atoms with Crippen molar-refractivity contribution in [3.8, 4) is 0 Å². The molecule has 0 aliphatic heterocycles. The van der Waals surface area contributed by atoms with E-state index in [9.17, 15) is 25.2 Å². The van der Waals surface area contributed by atoms with Gasteiger partial charge in [-0.15, -0.1) is 0 Å². The Kier molecular flexibility index (Phi) is 28.9. The van der Waals surface area contributed by atoms with Gasteiger partial charge < -0.3 is 25.7 Å². The minimum atomic E-state index is -1.28. The fourth-order valence-electron chi connectivity index (χ4n) is 4.78. The number of unbranched alkanes of at least 4 members (excludes halogenated alkanes) is 14. The first kappa shape index (κ1) is 39.5. The minimum absolute atomic E-state index is 0.349. The zero-order chi connectivity index (χ0) is 30.4. The number of rotatable bonds is 29. The zero-order valence-corrected chi connectivity index (χ0v) is 26.5. The van der Waals surface area contributed by atoms with E-state index in [2.05, 4.69) is 55.6 Å². The SMILES string of the molecule is CCCCC/C=C\C/C=C\CCCCCCCCC(O)C(=O)NC(CO)C(O)C(O)CCC/C=C/CCCCCC. The fourth-order valence-corrected chi connectivity index (χ4v) is 4.78. The van der Waals surface area contributed by atoms with Crippen LogP contribution in [0.5, 0.6) is 0 Å². The second-order valence-electron chi connectivity index (χ2n) is 11.5. The highest BCUT2D eigenvalue weighted by atomic mass is 16.3. The Morgan fingerprint density at radius 1 is 0.610 bits per heavy atom. The standard InChI is InChI=1S/C35H65NO5/c1-3-5-7-9-11-13-14-15-16-17-18-19-21-23-25-27-29-33(39)35(41)36-31(30-37)34(40)32(38)28-26-24-22-20-12-10-8-6-4-2/h11,13,15-16,20,22,31-34,37-40H,3-10,12,14,17-19,21,23-30H2,1-2H3,(H,36,41)/b13-11-,16-15-,22-20+. The van der Waals surface area contributed by atoms with Crippen LogP contribution in [0.3, 0.4) is 0 Å². The number of aliphatic hydroxyl groups is 4. The third kappa shape index (κ3) is 24.8. The van der Waals surface area contributed by atoms with Crippen LogP contribution in [-0.2, 0) is 4.79 Å². The van der Waals surface area contributed by atoms with Crippen molar-refractivity contribution < 1.29 is 25.2 Å². The van der Waals surface area contributed by atoms with Gasteiger partial charge in [0.25, 0.3) is 0 Å². The van der Waals surface area contributed by atoms with Gasteiger partial charge in [0.2, 0.25) is 5.91 Å². The first-order valence-corrected chi connectivity index (χ1v) is 16.9. The summed E-state index contributed by atoms with van der Waals surface area (Å²) in [6.07, 6.45) is 31.7. The summed E-state index contributed by atoms with van der Waals surface area (Å²) in [7, 11) is 0. The Balaban J connectivity index is 3.91. The van der Waals surface area contributed by atoms with E-state index in [-0.39, 0.29) is 0 Å². The average molecular weight is 580 g/mol. The highest BCUT2D eigenvalue weighted by molar-refractivity contribution is 5.80. The third-order valence-electron chi connectivity index (χ3n) is 7.57. The Morgan fingerprint density at radius 3 is 1.66 bits per heavy atom. The van der Waals surface area contributed by atoms with Gasteiger partial charge in [-0.05, 0) is 70.6 Å². The summed E-state index contributed by atoms with van der Waals surface area (Å²) in [5.41, 5.74) is 0. The summed E-state index contributed by atoms with van der Waals surface area (Å²) in [6.45, 7) is 3.93. The Morgan fingerprint density at radius 2 is 1.07 bits per heavy atom. The Bertz CT molecular complexity index is 663. The molecule has 6 heteroatoms.